The van der Waals surface area contributed by atoms with Gasteiger partial charge in [0, 0.05) is 48.3 Å². The van der Waals surface area contributed by atoms with E-state index in [0.29, 0.717) is 29.2 Å². The molecule has 17 nitrogen and oxygen atoms in total. The third-order valence-corrected chi connectivity index (χ3v) is 10.7. The number of benzene rings is 4. The number of H-pyrrole nitrogens is 2. The van der Waals surface area contributed by atoms with E-state index >= 15 is 0 Å². The minimum Gasteiger partial charge on any atom is -0.489 e. The van der Waals surface area contributed by atoms with Crippen molar-refractivity contribution in [1.82, 2.24) is 41.5 Å². The van der Waals surface area contributed by atoms with Crippen LogP contribution in [0.15, 0.2) is 128 Å². The fraction of sp³-hybridized carbons (Fsp3) is 0.255. The summed E-state index contributed by atoms with van der Waals surface area (Å²) in [4.78, 5) is 91.1. The summed E-state index contributed by atoms with van der Waals surface area (Å²) in [5, 5.41) is 14.1. The normalized spacial score (nSPS) is 13.3. The van der Waals surface area contributed by atoms with Gasteiger partial charge in [0.1, 0.15) is 49.2 Å². The summed E-state index contributed by atoms with van der Waals surface area (Å²) >= 11 is 4.37. The zero-order chi connectivity index (χ0) is 46.1. The van der Waals surface area contributed by atoms with E-state index in [4.69, 9.17) is 15.2 Å². The molecule has 0 unspecified atom stereocenters. The van der Waals surface area contributed by atoms with E-state index in [0.717, 1.165) is 22.0 Å². The number of aromatic amines is 2. The summed E-state index contributed by atoms with van der Waals surface area (Å²) < 4.78 is 11.4. The van der Waals surface area contributed by atoms with Gasteiger partial charge in [0.15, 0.2) is 0 Å². The molecule has 0 radical (unpaired) electrons. The number of primary amides is 1. The molecule has 6 amide bonds. The molecule has 4 aromatic carbocycles. The molecule has 0 aliphatic carbocycles. The Morgan fingerprint density at radius 3 is 1.83 bits per heavy atom. The van der Waals surface area contributed by atoms with Gasteiger partial charge in [0.25, 0.3) is 0 Å². The van der Waals surface area contributed by atoms with Crippen molar-refractivity contribution < 1.29 is 38.2 Å². The highest BCUT2D eigenvalue weighted by molar-refractivity contribution is 7.80. The summed E-state index contributed by atoms with van der Waals surface area (Å²) in [5.41, 5.74) is 9.73. The standard InChI is InChI=1S/C47H51N9O8S/c1-29(42(48)57)52-43(58)39(21-33-23-50-37-15-9-8-14-36(33)37)54-46(61)41(27-65)55-44(59)38(20-30-16-18-35(19-17-30)63-25-31-10-4-2-5-11-31)53-45(60)40(22-34-24-49-28-51-34)56-47(62)64-26-32-12-6-3-7-13-32/h2-19,23-24,28-29,38-41,50,65H,20-22,25-27H2,1H3,(H2,48,57)(H,49,51)(H,52,58)(H,53,60)(H,54,61)(H,55,59)(H,56,62)/t29-,38+,39+,40+,41+/m1/s1. The number of imidazole rings is 1. The van der Waals surface area contributed by atoms with Crippen molar-refractivity contribution in [3.63, 3.8) is 0 Å². The molecule has 65 heavy (non-hydrogen) atoms. The molecule has 0 bridgehead atoms. The van der Waals surface area contributed by atoms with Gasteiger partial charge < -0.3 is 51.8 Å². The van der Waals surface area contributed by atoms with Gasteiger partial charge in [0.05, 0.1) is 12.0 Å². The molecule has 2 aromatic heterocycles. The first-order valence-corrected chi connectivity index (χ1v) is 21.5. The SMILES string of the molecule is C[C@@H](NC(=O)[C@H](Cc1c[nH]c2ccccc12)NC(=O)[C@H](CS)NC(=O)[C@H](Cc1ccc(OCc2ccccc2)cc1)NC(=O)[C@H](Cc1c[nH]cn1)NC(=O)OCc1ccccc1)C(N)=O. The number of nitrogens with one attached hydrogen (secondary N) is 7. The number of carbonyl (C=O) groups is 6. The Bertz CT molecular complexity index is 2520. The van der Waals surface area contributed by atoms with E-state index in [9.17, 15) is 28.8 Å². The lowest BCUT2D eigenvalue weighted by molar-refractivity contribution is -0.134. The summed E-state index contributed by atoms with van der Waals surface area (Å²) in [5.74, 6) is -3.35. The first-order chi connectivity index (χ1) is 31.4. The number of thiol groups is 1. The maximum Gasteiger partial charge on any atom is 0.408 e. The number of rotatable bonds is 22. The van der Waals surface area contributed by atoms with Crippen LogP contribution in [0.3, 0.4) is 0 Å². The molecular weight excluding hydrogens is 851 g/mol. The Morgan fingerprint density at radius 2 is 1.20 bits per heavy atom. The average molecular weight is 902 g/mol. The first-order valence-electron chi connectivity index (χ1n) is 20.8. The van der Waals surface area contributed by atoms with Gasteiger partial charge in [-0.25, -0.2) is 9.78 Å². The van der Waals surface area contributed by atoms with Crippen LogP contribution in [0, 0.1) is 0 Å². The van der Waals surface area contributed by atoms with Crippen LogP contribution in [0.1, 0.15) is 34.9 Å². The lowest BCUT2D eigenvalue weighted by Gasteiger charge is -2.26. The highest BCUT2D eigenvalue weighted by Crippen LogP contribution is 2.20. The van der Waals surface area contributed by atoms with Gasteiger partial charge in [-0.05, 0) is 47.4 Å². The van der Waals surface area contributed by atoms with E-state index in [2.05, 4.69) is 54.2 Å². The van der Waals surface area contributed by atoms with Gasteiger partial charge in [0.2, 0.25) is 29.5 Å². The quantitative estimate of drug-likeness (QED) is 0.0454. The summed E-state index contributed by atoms with van der Waals surface area (Å²) in [6.45, 7) is 1.70. The molecule has 0 spiro atoms. The van der Waals surface area contributed by atoms with Crippen molar-refractivity contribution in [3.8, 4) is 5.75 Å². The van der Waals surface area contributed by atoms with Crippen molar-refractivity contribution in [2.24, 2.45) is 5.73 Å². The number of hydrogen-bond donors (Lipinski definition) is 9. The fourth-order valence-electron chi connectivity index (χ4n) is 6.76. The number of carbonyl (C=O) groups excluding carboxylic acids is 6. The molecule has 5 atom stereocenters. The highest BCUT2D eigenvalue weighted by atomic mass is 32.1. The topological polar surface area (TPSA) is 252 Å². The van der Waals surface area contributed by atoms with Crippen LogP contribution in [0.5, 0.6) is 5.75 Å². The van der Waals surface area contributed by atoms with E-state index in [1.54, 1.807) is 60.9 Å². The smallest absolute Gasteiger partial charge is 0.408 e. The number of ether oxygens (including phenoxy) is 2. The molecule has 0 aliphatic rings. The molecule has 0 saturated carbocycles. The van der Waals surface area contributed by atoms with Crippen LogP contribution in [-0.2, 0) is 61.2 Å². The molecule has 0 saturated heterocycles. The van der Waals surface area contributed by atoms with Gasteiger partial charge in [-0.3, -0.25) is 24.0 Å². The average Bonchev–Trinajstić information content (AvgIpc) is 3.99. The maximum absolute atomic E-state index is 14.3. The van der Waals surface area contributed by atoms with E-state index in [-0.39, 0.29) is 31.6 Å². The first kappa shape index (κ1) is 46.9. The Balaban J connectivity index is 1.20. The van der Waals surface area contributed by atoms with E-state index in [1.807, 2.05) is 60.7 Å². The Labute approximate surface area is 380 Å². The minimum absolute atomic E-state index is 0.0161. The van der Waals surface area contributed by atoms with Crippen LogP contribution in [0.2, 0.25) is 0 Å². The maximum atomic E-state index is 14.3. The van der Waals surface area contributed by atoms with Gasteiger partial charge >= 0.3 is 6.09 Å². The van der Waals surface area contributed by atoms with E-state index in [1.165, 1.54) is 13.3 Å². The largest absolute Gasteiger partial charge is 0.489 e. The van der Waals surface area contributed by atoms with Gasteiger partial charge in [-0.15, -0.1) is 0 Å². The number of alkyl carbamates (subject to hydrolysis) is 1. The summed E-state index contributed by atoms with van der Waals surface area (Å²) in [7, 11) is 0. The predicted octanol–water partition coefficient (Wildman–Crippen LogP) is 3.17. The molecule has 18 heteroatoms. The number of aromatic nitrogens is 3. The number of hydrogen-bond acceptors (Lipinski definition) is 10. The minimum atomic E-state index is -1.31. The number of nitrogens with two attached hydrogens (primary N) is 1. The van der Waals surface area contributed by atoms with Crippen molar-refractivity contribution >= 4 is 59.2 Å². The van der Waals surface area contributed by atoms with E-state index < -0.39 is 65.8 Å². The molecule has 2 heterocycles. The highest BCUT2D eigenvalue weighted by Gasteiger charge is 2.32. The lowest BCUT2D eigenvalue weighted by atomic mass is 10.0. The number of amides is 6. The molecule has 6 aromatic rings. The monoisotopic (exact) mass is 901 g/mol. The second kappa shape index (κ2) is 23.2. The van der Waals surface area contributed by atoms with Gasteiger partial charge in [-0.2, -0.15) is 12.6 Å². The van der Waals surface area contributed by atoms with Crippen molar-refractivity contribution in [1.29, 1.82) is 0 Å². The molecule has 6 rings (SSSR count). The fourth-order valence-corrected chi connectivity index (χ4v) is 7.02. The molecule has 0 aliphatic heterocycles. The Kier molecular flexibility index (Phi) is 16.7. The second-order valence-electron chi connectivity index (χ2n) is 15.2. The van der Waals surface area contributed by atoms with Crippen LogP contribution in [0.4, 0.5) is 4.79 Å². The van der Waals surface area contributed by atoms with Crippen LogP contribution in [0.25, 0.3) is 10.9 Å². The predicted molar refractivity (Wildman–Crippen MR) is 245 cm³/mol. The third kappa shape index (κ3) is 13.9. The van der Waals surface area contributed by atoms with Crippen molar-refractivity contribution in [3.05, 3.63) is 156 Å². The van der Waals surface area contributed by atoms with Crippen LogP contribution >= 0.6 is 12.6 Å². The molecule has 9 N–H and O–H groups in total. The van der Waals surface area contributed by atoms with Crippen LogP contribution < -0.4 is 37.1 Å². The van der Waals surface area contributed by atoms with Crippen molar-refractivity contribution in [2.45, 2.75) is 69.6 Å². The Hall–Kier alpha value is -7.60. The zero-order valence-corrected chi connectivity index (χ0v) is 36.4. The number of para-hydroxylation sites is 1. The summed E-state index contributed by atoms with van der Waals surface area (Å²) in [6, 6.07) is 26.9. The van der Waals surface area contributed by atoms with Crippen molar-refractivity contribution in [2.75, 3.05) is 5.75 Å². The summed E-state index contributed by atoms with van der Waals surface area (Å²) in [6.07, 6.45) is 3.74. The second-order valence-corrected chi connectivity index (χ2v) is 15.6. The molecule has 0 fully saturated rings. The zero-order valence-electron chi connectivity index (χ0n) is 35.5. The van der Waals surface area contributed by atoms with Crippen LogP contribution in [-0.4, -0.2) is 86.5 Å². The van der Waals surface area contributed by atoms with Gasteiger partial charge in [-0.1, -0.05) is 91.0 Å². The molecule has 338 valence electrons. The lowest BCUT2D eigenvalue weighted by Crippen LogP contribution is -2.60. The number of nitrogens with zero attached hydrogens (tertiary/aromatic N) is 1. The third-order valence-electron chi connectivity index (χ3n) is 10.4. The Morgan fingerprint density at radius 1 is 0.631 bits per heavy atom. The number of fused-ring (bicyclic) bond motifs is 1. The molecular formula is C47H51N9O8S.